The molecule has 18 heavy (non-hydrogen) atoms. The number of nitrogens with one attached hydrogen (secondary N) is 1. The van der Waals surface area contributed by atoms with Gasteiger partial charge in [-0.25, -0.2) is 4.98 Å². The molecule has 1 aromatic heterocycles. The Labute approximate surface area is 107 Å². The van der Waals surface area contributed by atoms with Crippen LogP contribution in [0.5, 0.6) is 0 Å². The standard InChI is InChI=1S/C14H18N2O2/c1-18-10-12(8-9-17)15-14-7-6-11-4-2-3-5-13(11)16-14/h2-7,12,17H,8-10H2,1H3,(H,15,16). The van der Waals surface area contributed by atoms with E-state index in [1.807, 2.05) is 36.4 Å². The summed E-state index contributed by atoms with van der Waals surface area (Å²) in [6, 6.07) is 12.0. The molecule has 0 spiro atoms. The van der Waals surface area contributed by atoms with E-state index in [1.54, 1.807) is 7.11 Å². The first-order valence-electron chi connectivity index (χ1n) is 6.05. The lowest BCUT2D eigenvalue weighted by Gasteiger charge is -2.17. The molecule has 4 heteroatoms. The van der Waals surface area contributed by atoms with Gasteiger partial charge < -0.3 is 15.2 Å². The number of hydrogen-bond acceptors (Lipinski definition) is 4. The number of fused-ring (bicyclic) bond motifs is 1. The number of ether oxygens (including phenoxy) is 1. The lowest BCUT2D eigenvalue weighted by atomic mass is 10.2. The van der Waals surface area contributed by atoms with Gasteiger partial charge in [0.2, 0.25) is 0 Å². The summed E-state index contributed by atoms with van der Waals surface area (Å²) in [6.45, 7) is 0.684. The average Bonchev–Trinajstić information content (AvgIpc) is 2.39. The fraction of sp³-hybridized carbons (Fsp3) is 0.357. The Hall–Kier alpha value is -1.65. The molecule has 1 atom stereocenters. The molecule has 1 heterocycles. The lowest BCUT2D eigenvalue weighted by Crippen LogP contribution is -2.26. The van der Waals surface area contributed by atoms with Crippen LogP contribution in [0.4, 0.5) is 5.82 Å². The molecule has 4 nitrogen and oxygen atoms in total. The van der Waals surface area contributed by atoms with Gasteiger partial charge in [-0.2, -0.15) is 0 Å². The third kappa shape index (κ3) is 3.18. The molecule has 0 bridgehead atoms. The van der Waals surface area contributed by atoms with Crippen molar-refractivity contribution in [2.45, 2.75) is 12.5 Å². The summed E-state index contributed by atoms with van der Waals surface area (Å²) in [5.41, 5.74) is 0.961. The summed E-state index contributed by atoms with van der Waals surface area (Å²) < 4.78 is 5.11. The fourth-order valence-electron chi connectivity index (χ4n) is 1.91. The minimum Gasteiger partial charge on any atom is -0.396 e. The van der Waals surface area contributed by atoms with Crippen LogP contribution in [0.3, 0.4) is 0 Å². The number of aliphatic hydroxyl groups is 1. The van der Waals surface area contributed by atoms with E-state index in [-0.39, 0.29) is 12.6 Å². The largest absolute Gasteiger partial charge is 0.396 e. The minimum absolute atomic E-state index is 0.0775. The Morgan fingerprint density at radius 1 is 1.28 bits per heavy atom. The Morgan fingerprint density at radius 2 is 2.11 bits per heavy atom. The van der Waals surface area contributed by atoms with E-state index in [0.29, 0.717) is 13.0 Å². The van der Waals surface area contributed by atoms with Gasteiger partial charge in [-0.3, -0.25) is 0 Å². The molecule has 2 rings (SSSR count). The summed E-state index contributed by atoms with van der Waals surface area (Å²) in [4.78, 5) is 4.53. The van der Waals surface area contributed by atoms with Gasteiger partial charge in [0.05, 0.1) is 18.2 Å². The Morgan fingerprint density at radius 3 is 2.89 bits per heavy atom. The zero-order valence-corrected chi connectivity index (χ0v) is 10.5. The van der Waals surface area contributed by atoms with Crippen LogP contribution in [0.25, 0.3) is 10.9 Å². The van der Waals surface area contributed by atoms with Crippen LogP contribution < -0.4 is 5.32 Å². The third-order valence-corrected chi connectivity index (χ3v) is 2.80. The summed E-state index contributed by atoms with van der Waals surface area (Å²) >= 11 is 0. The highest BCUT2D eigenvalue weighted by atomic mass is 16.5. The predicted octanol–water partition coefficient (Wildman–Crippen LogP) is 2.04. The molecular weight excluding hydrogens is 228 g/mol. The Kier molecular flexibility index (Phi) is 4.50. The van der Waals surface area contributed by atoms with Crippen LogP contribution in [-0.2, 0) is 4.74 Å². The van der Waals surface area contributed by atoms with Gasteiger partial charge in [-0.15, -0.1) is 0 Å². The molecule has 0 aliphatic heterocycles. The van der Waals surface area contributed by atoms with Crippen LogP contribution in [0.15, 0.2) is 36.4 Å². The van der Waals surface area contributed by atoms with E-state index >= 15 is 0 Å². The monoisotopic (exact) mass is 246 g/mol. The molecule has 0 radical (unpaired) electrons. The highest BCUT2D eigenvalue weighted by molar-refractivity contribution is 5.80. The molecule has 0 aliphatic rings. The van der Waals surface area contributed by atoms with Gasteiger partial charge in [0.25, 0.3) is 0 Å². The second-order valence-corrected chi connectivity index (χ2v) is 4.20. The number of nitrogens with zero attached hydrogens (tertiary/aromatic N) is 1. The van der Waals surface area contributed by atoms with Crippen molar-refractivity contribution in [3.8, 4) is 0 Å². The van der Waals surface area contributed by atoms with Crippen LogP contribution in [0.2, 0.25) is 0 Å². The maximum absolute atomic E-state index is 9.00. The van der Waals surface area contributed by atoms with Crippen molar-refractivity contribution in [2.75, 3.05) is 25.6 Å². The lowest BCUT2D eigenvalue weighted by molar-refractivity contribution is 0.170. The van der Waals surface area contributed by atoms with Gasteiger partial charge in [-0.1, -0.05) is 18.2 Å². The van der Waals surface area contributed by atoms with Gasteiger partial charge in [0.1, 0.15) is 5.82 Å². The summed E-state index contributed by atoms with van der Waals surface area (Å²) in [5, 5.41) is 13.4. The zero-order valence-electron chi connectivity index (χ0n) is 10.5. The first kappa shape index (κ1) is 12.8. The van der Waals surface area contributed by atoms with Crippen molar-refractivity contribution in [2.24, 2.45) is 0 Å². The zero-order chi connectivity index (χ0) is 12.8. The second kappa shape index (κ2) is 6.33. The summed E-state index contributed by atoms with van der Waals surface area (Å²) in [5.74, 6) is 0.809. The maximum atomic E-state index is 9.00. The topological polar surface area (TPSA) is 54.4 Å². The molecule has 96 valence electrons. The predicted molar refractivity (Wildman–Crippen MR) is 72.7 cm³/mol. The summed E-state index contributed by atoms with van der Waals surface area (Å²) in [7, 11) is 1.65. The quantitative estimate of drug-likeness (QED) is 0.819. The number of rotatable bonds is 6. The molecule has 0 aliphatic carbocycles. The SMILES string of the molecule is COCC(CCO)Nc1ccc2ccccc2n1. The van der Waals surface area contributed by atoms with Crippen molar-refractivity contribution in [3.63, 3.8) is 0 Å². The molecule has 0 saturated heterocycles. The molecular formula is C14H18N2O2. The molecule has 0 amide bonds. The van der Waals surface area contributed by atoms with E-state index in [9.17, 15) is 0 Å². The summed E-state index contributed by atoms with van der Waals surface area (Å²) in [6.07, 6.45) is 0.641. The number of anilines is 1. The first-order valence-corrected chi connectivity index (χ1v) is 6.05. The number of aromatic nitrogens is 1. The Balaban J connectivity index is 2.14. The average molecular weight is 246 g/mol. The van der Waals surface area contributed by atoms with Crippen molar-refractivity contribution in [1.29, 1.82) is 0 Å². The minimum atomic E-state index is 0.0775. The van der Waals surface area contributed by atoms with Crippen molar-refractivity contribution >= 4 is 16.7 Å². The number of para-hydroxylation sites is 1. The first-order chi connectivity index (χ1) is 8.83. The normalized spacial score (nSPS) is 12.6. The van der Waals surface area contributed by atoms with E-state index < -0.39 is 0 Å². The van der Waals surface area contributed by atoms with E-state index in [1.165, 1.54) is 0 Å². The number of hydrogen-bond donors (Lipinski definition) is 2. The van der Waals surface area contributed by atoms with Crippen molar-refractivity contribution < 1.29 is 9.84 Å². The second-order valence-electron chi connectivity index (χ2n) is 4.20. The highest BCUT2D eigenvalue weighted by Crippen LogP contribution is 2.15. The van der Waals surface area contributed by atoms with Crippen LogP contribution in [-0.4, -0.2) is 36.5 Å². The third-order valence-electron chi connectivity index (χ3n) is 2.80. The van der Waals surface area contributed by atoms with Gasteiger partial charge in [0.15, 0.2) is 0 Å². The van der Waals surface area contributed by atoms with Crippen LogP contribution in [0, 0.1) is 0 Å². The number of methoxy groups -OCH3 is 1. The highest BCUT2D eigenvalue weighted by Gasteiger charge is 2.08. The van der Waals surface area contributed by atoms with Gasteiger partial charge in [-0.05, 0) is 24.6 Å². The van der Waals surface area contributed by atoms with Crippen molar-refractivity contribution in [1.82, 2.24) is 4.98 Å². The van der Waals surface area contributed by atoms with Gasteiger partial charge >= 0.3 is 0 Å². The molecule has 1 aromatic carbocycles. The molecule has 0 fully saturated rings. The van der Waals surface area contributed by atoms with Crippen LogP contribution in [0.1, 0.15) is 6.42 Å². The molecule has 1 unspecified atom stereocenters. The maximum Gasteiger partial charge on any atom is 0.126 e. The van der Waals surface area contributed by atoms with E-state index in [2.05, 4.69) is 10.3 Å². The van der Waals surface area contributed by atoms with Crippen molar-refractivity contribution in [3.05, 3.63) is 36.4 Å². The smallest absolute Gasteiger partial charge is 0.126 e. The van der Waals surface area contributed by atoms with E-state index in [0.717, 1.165) is 16.7 Å². The van der Waals surface area contributed by atoms with E-state index in [4.69, 9.17) is 9.84 Å². The molecule has 0 saturated carbocycles. The molecule has 2 N–H and O–H groups in total. The number of aliphatic hydroxyl groups excluding tert-OH is 1. The fourth-order valence-corrected chi connectivity index (χ4v) is 1.91. The number of pyridine rings is 1. The van der Waals surface area contributed by atoms with Crippen LogP contribution >= 0.6 is 0 Å². The Bertz CT molecular complexity index is 496. The molecule has 2 aromatic rings. The number of benzene rings is 1. The van der Waals surface area contributed by atoms with Gasteiger partial charge in [0, 0.05) is 19.1 Å².